The van der Waals surface area contributed by atoms with Crippen molar-refractivity contribution in [2.75, 3.05) is 39.5 Å². The Labute approximate surface area is 155 Å². The molecule has 0 saturated carbocycles. The normalized spacial score (nSPS) is 18.2. The Balaban J connectivity index is 1.42. The number of hydrogen-bond donors (Lipinski definition) is 3. The second kappa shape index (κ2) is 9.64. The number of likely N-dealkylation sites (tertiary alicyclic amines) is 1. The maximum absolute atomic E-state index is 9.56. The van der Waals surface area contributed by atoms with Crippen LogP contribution in [-0.4, -0.2) is 61.6 Å². The molecule has 0 radical (unpaired) electrons. The van der Waals surface area contributed by atoms with Crippen molar-refractivity contribution in [3.63, 3.8) is 0 Å². The molecule has 3 rings (SSSR count). The molecule has 0 unspecified atom stereocenters. The van der Waals surface area contributed by atoms with Crippen LogP contribution in [0.3, 0.4) is 0 Å². The highest BCUT2D eigenvalue weighted by Gasteiger charge is 2.16. The Morgan fingerprint density at radius 1 is 1.23 bits per heavy atom. The van der Waals surface area contributed by atoms with Gasteiger partial charge >= 0.3 is 0 Å². The minimum atomic E-state index is -0.104. The number of rotatable bonds is 7. The van der Waals surface area contributed by atoms with E-state index in [0.29, 0.717) is 13.3 Å². The van der Waals surface area contributed by atoms with Gasteiger partial charge in [0.05, 0.1) is 12.6 Å². The molecule has 0 amide bonds. The van der Waals surface area contributed by atoms with Gasteiger partial charge in [0.15, 0.2) is 17.5 Å². The van der Waals surface area contributed by atoms with Crippen molar-refractivity contribution in [1.82, 2.24) is 15.5 Å². The van der Waals surface area contributed by atoms with Gasteiger partial charge < -0.3 is 30.1 Å². The van der Waals surface area contributed by atoms with Crippen molar-refractivity contribution in [3.05, 3.63) is 23.8 Å². The van der Waals surface area contributed by atoms with E-state index in [0.717, 1.165) is 75.0 Å². The molecular weight excluding hydrogens is 332 g/mol. The quantitative estimate of drug-likeness (QED) is 0.386. The third kappa shape index (κ3) is 5.51. The Bertz CT molecular complexity index is 600. The van der Waals surface area contributed by atoms with Gasteiger partial charge in [-0.3, -0.25) is 0 Å². The van der Waals surface area contributed by atoms with E-state index in [2.05, 4.69) is 27.4 Å². The van der Waals surface area contributed by atoms with Crippen LogP contribution in [0.2, 0.25) is 0 Å². The zero-order chi connectivity index (χ0) is 18.2. The number of benzene rings is 1. The second-order valence-corrected chi connectivity index (χ2v) is 6.74. The molecule has 1 saturated heterocycles. The molecule has 7 nitrogen and oxygen atoms in total. The van der Waals surface area contributed by atoms with E-state index < -0.39 is 0 Å². The lowest BCUT2D eigenvalue weighted by atomic mass is 10.1. The highest BCUT2D eigenvalue weighted by atomic mass is 16.7. The van der Waals surface area contributed by atoms with Crippen molar-refractivity contribution in [3.8, 4) is 11.5 Å². The van der Waals surface area contributed by atoms with E-state index in [9.17, 15) is 5.11 Å². The first-order chi connectivity index (χ1) is 12.7. The number of fused-ring (bicyclic) bond motifs is 1. The zero-order valence-corrected chi connectivity index (χ0v) is 15.5. The molecule has 3 N–H and O–H groups in total. The molecule has 1 fully saturated rings. The fourth-order valence-corrected chi connectivity index (χ4v) is 3.20. The standard InChI is InChI=1S/C19H30N4O3/c1-2-20-19(21-8-3-9-23-10-6-16(24)7-11-23)22-13-15-4-5-17-18(12-15)26-14-25-17/h4-5,12,16,24H,2-3,6-11,13-14H2,1H3,(H2,20,21,22). The minimum Gasteiger partial charge on any atom is -0.454 e. The highest BCUT2D eigenvalue weighted by Crippen LogP contribution is 2.32. The lowest BCUT2D eigenvalue weighted by molar-refractivity contribution is 0.0823. The van der Waals surface area contributed by atoms with Crippen LogP contribution in [0.1, 0.15) is 31.7 Å². The molecule has 26 heavy (non-hydrogen) atoms. The smallest absolute Gasteiger partial charge is 0.231 e. The fourth-order valence-electron chi connectivity index (χ4n) is 3.20. The molecule has 7 heteroatoms. The Kier molecular flexibility index (Phi) is 6.96. The molecule has 0 bridgehead atoms. The van der Waals surface area contributed by atoms with Crippen LogP contribution in [0.5, 0.6) is 11.5 Å². The summed E-state index contributed by atoms with van der Waals surface area (Å²) in [4.78, 5) is 7.08. The van der Waals surface area contributed by atoms with Crippen molar-refractivity contribution >= 4 is 5.96 Å². The van der Waals surface area contributed by atoms with Crippen molar-refractivity contribution in [2.24, 2.45) is 4.99 Å². The number of piperidine rings is 1. The second-order valence-electron chi connectivity index (χ2n) is 6.74. The van der Waals surface area contributed by atoms with E-state index in [4.69, 9.17) is 9.47 Å². The molecular formula is C19H30N4O3. The highest BCUT2D eigenvalue weighted by molar-refractivity contribution is 5.79. The van der Waals surface area contributed by atoms with Crippen LogP contribution in [-0.2, 0) is 6.54 Å². The van der Waals surface area contributed by atoms with Gasteiger partial charge in [-0.25, -0.2) is 4.99 Å². The van der Waals surface area contributed by atoms with Crippen LogP contribution < -0.4 is 20.1 Å². The van der Waals surface area contributed by atoms with Crippen molar-refractivity contribution in [2.45, 2.75) is 38.8 Å². The van der Waals surface area contributed by atoms with Gasteiger partial charge in [-0.2, -0.15) is 0 Å². The van der Waals surface area contributed by atoms with Gasteiger partial charge in [0, 0.05) is 26.2 Å². The van der Waals surface area contributed by atoms with E-state index in [1.54, 1.807) is 0 Å². The summed E-state index contributed by atoms with van der Waals surface area (Å²) >= 11 is 0. The number of guanidine groups is 1. The summed E-state index contributed by atoms with van der Waals surface area (Å²) in [7, 11) is 0. The lowest BCUT2D eigenvalue weighted by Gasteiger charge is -2.29. The average Bonchev–Trinajstić information content (AvgIpc) is 3.12. The molecule has 0 atom stereocenters. The molecule has 2 heterocycles. The van der Waals surface area contributed by atoms with Gasteiger partial charge in [0.1, 0.15) is 0 Å². The Morgan fingerprint density at radius 2 is 2.04 bits per heavy atom. The topological polar surface area (TPSA) is 78.4 Å². The van der Waals surface area contributed by atoms with Crippen molar-refractivity contribution in [1.29, 1.82) is 0 Å². The summed E-state index contributed by atoms with van der Waals surface area (Å²) in [6.45, 7) is 7.72. The maximum atomic E-state index is 9.56. The first-order valence-corrected chi connectivity index (χ1v) is 9.55. The molecule has 0 spiro atoms. The summed E-state index contributed by atoms with van der Waals surface area (Å²) < 4.78 is 10.8. The van der Waals surface area contributed by atoms with Crippen LogP contribution >= 0.6 is 0 Å². The largest absolute Gasteiger partial charge is 0.454 e. The summed E-state index contributed by atoms with van der Waals surface area (Å²) in [5.74, 6) is 2.43. The van der Waals surface area contributed by atoms with Gasteiger partial charge in [0.2, 0.25) is 6.79 Å². The number of ether oxygens (including phenoxy) is 2. The minimum absolute atomic E-state index is 0.104. The van der Waals surface area contributed by atoms with E-state index in [-0.39, 0.29) is 6.10 Å². The van der Waals surface area contributed by atoms with Gasteiger partial charge in [-0.1, -0.05) is 6.07 Å². The molecule has 1 aromatic carbocycles. The number of aliphatic hydroxyl groups excluding tert-OH is 1. The van der Waals surface area contributed by atoms with Gasteiger partial charge in [-0.05, 0) is 50.4 Å². The van der Waals surface area contributed by atoms with E-state index in [1.165, 1.54) is 0 Å². The number of aliphatic imine (C=N–C) groups is 1. The van der Waals surface area contributed by atoms with Crippen LogP contribution in [0, 0.1) is 0 Å². The third-order valence-electron chi connectivity index (χ3n) is 4.70. The first-order valence-electron chi connectivity index (χ1n) is 9.55. The molecule has 1 aromatic rings. The van der Waals surface area contributed by atoms with Crippen molar-refractivity contribution < 1.29 is 14.6 Å². The van der Waals surface area contributed by atoms with E-state index in [1.807, 2.05) is 18.2 Å². The molecule has 2 aliphatic heterocycles. The molecule has 2 aliphatic rings. The van der Waals surface area contributed by atoms with Crippen LogP contribution in [0.25, 0.3) is 0 Å². The zero-order valence-electron chi connectivity index (χ0n) is 15.5. The fraction of sp³-hybridized carbons (Fsp3) is 0.632. The Morgan fingerprint density at radius 3 is 2.85 bits per heavy atom. The molecule has 0 aromatic heterocycles. The lowest BCUT2D eigenvalue weighted by Crippen LogP contribution is -2.40. The SMILES string of the molecule is CCNC(=NCc1ccc2c(c1)OCO2)NCCCN1CCC(O)CC1. The first kappa shape index (κ1) is 18.8. The summed E-state index contributed by atoms with van der Waals surface area (Å²) in [6, 6.07) is 5.94. The maximum Gasteiger partial charge on any atom is 0.231 e. The summed E-state index contributed by atoms with van der Waals surface area (Å²) in [5, 5.41) is 16.2. The summed E-state index contributed by atoms with van der Waals surface area (Å²) in [6.07, 6.45) is 2.75. The van der Waals surface area contributed by atoms with Crippen LogP contribution in [0.15, 0.2) is 23.2 Å². The Hall–Kier alpha value is -1.99. The third-order valence-corrected chi connectivity index (χ3v) is 4.70. The predicted octanol–water partition coefficient (Wildman–Crippen LogP) is 1.32. The number of nitrogens with zero attached hydrogens (tertiary/aromatic N) is 2. The molecule has 144 valence electrons. The van der Waals surface area contributed by atoms with Crippen LogP contribution in [0.4, 0.5) is 0 Å². The number of nitrogens with one attached hydrogen (secondary N) is 2. The number of hydrogen-bond acceptors (Lipinski definition) is 5. The predicted molar refractivity (Wildman–Crippen MR) is 102 cm³/mol. The van der Waals surface area contributed by atoms with E-state index >= 15 is 0 Å². The molecule has 0 aliphatic carbocycles. The average molecular weight is 362 g/mol. The monoisotopic (exact) mass is 362 g/mol. The van der Waals surface area contributed by atoms with Gasteiger partial charge in [-0.15, -0.1) is 0 Å². The number of aliphatic hydroxyl groups is 1. The van der Waals surface area contributed by atoms with Gasteiger partial charge in [0.25, 0.3) is 0 Å². The summed E-state index contributed by atoms with van der Waals surface area (Å²) in [5.41, 5.74) is 1.10.